The third kappa shape index (κ3) is 4.68. The van der Waals surface area contributed by atoms with Crippen LogP contribution in [0.3, 0.4) is 0 Å². The van der Waals surface area contributed by atoms with Crippen LogP contribution in [-0.2, 0) is 0 Å². The van der Waals surface area contributed by atoms with Gasteiger partial charge in [-0.1, -0.05) is 47.0 Å². The first-order valence-electron chi connectivity index (χ1n) is 12.2. The average molecular weight is 385 g/mol. The molecule has 0 aromatic heterocycles. The first kappa shape index (κ1) is 21.9. The van der Waals surface area contributed by atoms with Gasteiger partial charge in [-0.25, -0.2) is 0 Å². The van der Waals surface area contributed by atoms with Crippen molar-refractivity contribution in [1.82, 2.24) is 0 Å². The van der Waals surface area contributed by atoms with Gasteiger partial charge in [-0.15, -0.1) is 5.73 Å². The lowest BCUT2D eigenvalue weighted by molar-refractivity contribution is 0.0930. The molecule has 5 atom stereocenters. The zero-order chi connectivity index (χ0) is 20.3. The molecule has 3 rings (SSSR count). The molecule has 1 nitrogen and oxygen atoms in total. The molecule has 158 valence electrons. The van der Waals surface area contributed by atoms with Crippen LogP contribution in [0, 0.1) is 29.1 Å². The first-order valence-corrected chi connectivity index (χ1v) is 12.2. The van der Waals surface area contributed by atoms with E-state index in [4.69, 9.17) is 0 Å². The van der Waals surface area contributed by atoms with Gasteiger partial charge in [-0.2, -0.15) is 0 Å². The van der Waals surface area contributed by atoms with Crippen LogP contribution in [-0.4, -0.2) is 11.2 Å². The molecular formula is C27H44O. The van der Waals surface area contributed by atoms with Crippen molar-refractivity contribution in [3.63, 3.8) is 0 Å². The van der Waals surface area contributed by atoms with E-state index in [1.165, 1.54) is 62.5 Å². The number of aliphatic hydroxyl groups excluding tert-OH is 1. The summed E-state index contributed by atoms with van der Waals surface area (Å²) in [4.78, 5) is 0. The zero-order valence-corrected chi connectivity index (χ0v) is 19.2. The fourth-order valence-corrected chi connectivity index (χ4v) is 6.67. The van der Waals surface area contributed by atoms with Gasteiger partial charge in [-0.3, -0.25) is 0 Å². The average Bonchev–Trinajstić information content (AvgIpc) is 3.00. The molecule has 0 bridgehead atoms. The molecule has 3 aliphatic rings. The highest BCUT2D eigenvalue weighted by molar-refractivity contribution is 5.31. The van der Waals surface area contributed by atoms with E-state index in [0.29, 0.717) is 5.41 Å². The Bertz CT molecular complexity index is 633. The van der Waals surface area contributed by atoms with E-state index in [9.17, 15) is 5.11 Å². The molecule has 3 unspecified atom stereocenters. The third-order valence-electron chi connectivity index (χ3n) is 8.48. The second-order valence-electron chi connectivity index (χ2n) is 10.8. The minimum atomic E-state index is -0.231. The standard InChI is InChI=1S/C27H44O/c1-19(2)9-6-10-20(3)24-16-17-25-23(12-8-18-27(24,25)5)15-14-22-11-7-13-26(28)21(22)4/h14,19-20,24-26,28H,6-13,16-18H2,1-5H3/t15?,20?,24?,25-,26-,27?/m0/s1. The molecule has 1 heteroatoms. The van der Waals surface area contributed by atoms with Gasteiger partial charge < -0.3 is 5.11 Å². The molecule has 0 amide bonds. The van der Waals surface area contributed by atoms with Crippen molar-refractivity contribution in [3.05, 3.63) is 28.5 Å². The molecule has 0 aliphatic heterocycles. The predicted octanol–water partition coefficient (Wildman–Crippen LogP) is 7.61. The summed E-state index contributed by atoms with van der Waals surface area (Å²) in [6, 6.07) is 0. The summed E-state index contributed by atoms with van der Waals surface area (Å²) in [6.45, 7) is 11.9. The summed E-state index contributed by atoms with van der Waals surface area (Å²) in [6.07, 6.45) is 16.1. The van der Waals surface area contributed by atoms with Crippen molar-refractivity contribution in [2.24, 2.45) is 29.1 Å². The molecule has 2 saturated carbocycles. The fourth-order valence-electron chi connectivity index (χ4n) is 6.67. The summed E-state index contributed by atoms with van der Waals surface area (Å²) in [5, 5.41) is 10.2. The Morgan fingerprint density at radius 3 is 2.64 bits per heavy atom. The number of aliphatic hydroxyl groups is 1. The highest BCUT2D eigenvalue weighted by Crippen LogP contribution is 2.59. The predicted molar refractivity (Wildman–Crippen MR) is 120 cm³/mol. The van der Waals surface area contributed by atoms with Gasteiger partial charge in [0.25, 0.3) is 0 Å². The Kier molecular flexibility index (Phi) is 7.32. The van der Waals surface area contributed by atoms with E-state index in [-0.39, 0.29) is 6.10 Å². The summed E-state index contributed by atoms with van der Waals surface area (Å²) in [7, 11) is 0. The smallest absolute Gasteiger partial charge is 0.0753 e. The topological polar surface area (TPSA) is 20.2 Å². The van der Waals surface area contributed by atoms with Gasteiger partial charge in [0, 0.05) is 0 Å². The molecule has 0 aromatic carbocycles. The van der Waals surface area contributed by atoms with Gasteiger partial charge in [0.2, 0.25) is 0 Å². The Morgan fingerprint density at radius 2 is 1.89 bits per heavy atom. The van der Waals surface area contributed by atoms with Crippen LogP contribution in [0.5, 0.6) is 0 Å². The highest BCUT2D eigenvalue weighted by atomic mass is 16.3. The van der Waals surface area contributed by atoms with Crippen molar-refractivity contribution in [1.29, 1.82) is 0 Å². The van der Waals surface area contributed by atoms with Crippen LogP contribution in [0.4, 0.5) is 0 Å². The van der Waals surface area contributed by atoms with E-state index in [0.717, 1.165) is 42.9 Å². The van der Waals surface area contributed by atoms with Gasteiger partial charge in [0.1, 0.15) is 0 Å². The summed E-state index contributed by atoms with van der Waals surface area (Å²) in [5.74, 6) is 3.32. The molecule has 0 radical (unpaired) electrons. The maximum Gasteiger partial charge on any atom is 0.0753 e. The number of fused-ring (bicyclic) bond motifs is 1. The van der Waals surface area contributed by atoms with E-state index in [2.05, 4.69) is 46.4 Å². The van der Waals surface area contributed by atoms with Gasteiger partial charge >= 0.3 is 0 Å². The van der Waals surface area contributed by atoms with Crippen molar-refractivity contribution in [2.45, 2.75) is 111 Å². The minimum absolute atomic E-state index is 0.231. The zero-order valence-electron chi connectivity index (χ0n) is 19.2. The van der Waals surface area contributed by atoms with E-state index < -0.39 is 0 Å². The van der Waals surface area contributed by atoms with E-state index in [1.807, 2.05) is 0 Å². The quantitative estimate of drug-likeness (QED) is 0.467. The minimum Gasteiger partial charge on any atom is -0.389 e. The Labute approximate surface area is 174 Å². The van der Waals surface area contributed by atoms with Crippen LogP contribution in [0.15, 0.2) is 28.5 Å². The number of hydrogen-bond donors (Lipinski definition) is 1. The lowest BCUT2D eigenvalue weighted by Crippen LogP contribution is -2.35. The Hall–Kier alpha value is -0.780. The van der Waals surface area contributed by atoms with Gasteiger partial charge in [0.05, 0.1) is 6.10 Å². The molecule has 0 heterocycles. The number of hydrogen-bond acceptors (Lipinski definition) is 1. The Balaban J connectivity index is 1.74. The van der Waals surface area contributed by atoms with E-state index >= 15 is 0 Å². The Morgan fingerprint density at radius 1 is 1.11 bits per heavy atom. The summed E-state index contributed by atoms with van der Waals surface area (Å²) >= 11 is 0. The highest BCUT2D eigenvalue weighted by Gasteiger charge is 2.50. The summed E-state index contributed by atoms with van der Waals surface area (Å²) in [5.41, 5.74) is 8.38. The van der Waals surface area contributed by atoms with E-state index in [1.54, 1.807) is 5.57 Å². The lowest BCUT2D eigenvalue weighted by atomic mass is 9.61. The first-order chi connectivity index (χ1) is 13.3. The van der Waals surface area contributed by atoms with Crippen LogP contribution in [0.25, 0.3) is 0 Å². The van der Waals surface area contributed by atoms with Crippen LogP contribution in [0.1, 0.15) is 105 Å². The largest absolute Gasteiger partial charge is 0.389 e. The molecule has 0 aromatic rings. The molecule has 0 saturated heterocycles. The SMILES string of the molecule is CC1=C(C=C=C2CCCC3(C)C(C(C)CCCC(C)C)CC[C@@H]23)CCC[C@@H]1O. The lowest BCUT2D eigenvalue weighted by Gasteiger charge is -2.44. The normalized spacial score (nSPS) is 34.4. The molecule has 0 spiro atoms. The van der Waals surface area contributed by atoms with Crippen molar-refractivity contribution < 1.29 is 5.11 Å². The van der Waals surface area contributed by atoms with Crippen LogP contribution >= 0.6 is 0 Å². The van der Waals surface area contributed by atoms with Crippen LogP contribution < -0.4 is 0 Å². The number of allylic oxidation sites excluding steroid dienone is 2. The second-order valence-corrected chi connectivity index (χ2v) is 10.8. The maximum atomic E-state index is 10.2. The molecule has 2 fully saturated rings. The van der Waals surface area contributed by atoms with Gasteiger partial charge in [0.15, 0.2) is 0 Å². The monoisotopic (exact) mass is 384 g/mol. The molecular weight excluding hydrogens is 340 g/mol. The third-order valence-corrected chi connectivity index (χ3v) is 8.48. The number of rotatable bonds is 6. The summed E-state index contributed by atoms with van der Waals surface area (Å²) < 4.78 is 0. The van der Waals surface area contributed by atoms with Crippen molar-refractivity contribution in [3.8, 4) is 0 Å². The van der Waals surface area contributed by atoms with Gasteiger partial charge in [-0.05, 0) is 110 Å². The fraction of sp³-hybridized carbons (Fsp3) is 0.815. The van der Waals surface area contributed by atoms with Crippen molar-refractivity contribution in [2.75, 3.05) is 0 Å². The second kappa shape index (κ2) is 9.36. The maximum absolute atomic E-state index is 10.2. The van der Waals surface area contributed by atoms with Crippen LogP contribution in [0.2, 0.25) is 0 Å². The molecule has 1 N–H and O–H groups in total. The molecule has 28 heavy (non-hydrogen) atoms. The molecule has 3 aliphatic carbocycles. The van der Waals surface area contributed by atoms with Crippen molar-refractivity contribution >= 4 is 0 Å².